The summed E-state index contributed by atoms with van der Waals surface area (Å²) in [5, 5.41) is 0.649. The van der Waals surface area contributed by atoms with Crippen molar-refractivity contribution < 1.29 is 4.79 Å². The highest BCUT2D eigenvalue weighted by molar-refractivity contribution is 7.97. The minimum atomic E-state index is 0.0685. The van der Waals surface area contributed by atoms with Gasteiger partial charge in [-0.2, -0.15) is 11.8 Å². The van der Waals surface area contributed by atoms with Crippen LogP contribution in [0.1, 0.15) is 20.1 Å². The third-order valence-corrected chi connectivity index (χ3v) is 4.40. The van der Waals surface area contributed by atoms with Crippen LogP contribution in [0.3, 0.4) is 0 Å². The summed E-state index contributed by atoms with van der Waals surface area (Å²) < 4.78 is 0. The third kappa shape index (κ3) is 3.12. The number of benzene rings is 1. The van der Waals surface area contributed by atoms with Crippen molar-refractivity contribution in [2.45, 2.75) is 5.75 Å². The Morgan fingerprint density at radius 3 is 2.59 bits per heavy atom. The number of hydrogen-bond donors (Lipinski definition) is 0. The maximum absolute atomic E-state index is 12.1. The topological polar surface area (TPSA) is 17.1 Å². The lowest BCUT2D eigenvalue weighted by Gasteiger charge is -1.98. The Morgan fingerprint density at radius 2 is 1.94 bits per heavy atom. The lowest BCUT2D eigenvalue weighted by molar-refractivity contribution is 0.104. The quantitative estimate of drug-likeness (QED) is 0.768. The summed E-state index contributed by atoms with van der Waals surface area (Å²) in [6.07, 6.45) is 2.06. The van der Waals surface area contributed by atoms with E-state index in [4.69, 9.17) is 11.6 Å². The van der Waals surface area contributed by atoms with Crippen LogP contribution in [0.2, 0.25) is 5.02 Å². The zero-order valence-corrected chi connectivity index (χ0v) is 11.7. The van der Waals surface area contributed by atoms with Crippen LogP contribution >= 0.6 is 34.7 Å². The second-order valence-electron chi connectivity index (χ2n) is 3.53. The molecular formula is C13H11ClOS2. The molecule has 1 aromatic heterocycles. The van der Waals surface area contributed by atoms with Crippen molar-refractivity contribution in [2.24, 2.45) is 0 Å². The highest BCUT2D eigenvalue weighted by Crippen LogP contribution is 2.23. The first-order valence-electron chi connectivity index (χ1n) is 5.08. The molecule has 0 aliphatic heterocycles. The minimum Gasteiger partial charge on any atom is -0.288 e. The lowest BCUT2D eigenvalue weighted by Crippen LogP contribution is -1.97. The Morgan fingerprint density at radius 1 is 1.24 bits per heavy atom. The summed E-state index contributed by atoms with van der Waals surface area (Å²) in [5.74, 6) is 1.03. The number of hydrogen-bond acceptors (Lipinski definition) is 3. The molecule has 2 rings (SSSR count). The Hall–Kier alpha value is -0.770. The van der Waals surface area contributed by atoms with Crippen molar-refractivity contribution in [3.05, 3.63) is 56.7 Å². The van der Waals surface area contributed by atoms with Crippen LogP contribution in [-0.4, -0.2) is 12.0 Å². The molecule has 0 atom stereocenters. The summed E-state index contributed by atoms with van der Waals surface area (Å²) in [7, 11) is 0. The van der Waals surface area contributed by atoms with E-state index in [1.807, 2.05) is 12.1 Å². The van der Waals surface area contributed by atoms with Crippen LogP contribution in [-0.2, 0) is 5.75 Å². The number of rotatable bonds is 4. The standard InChI is InChI=1S/C13H11ClOS2/c1-16-8-11-6-7-12(17-11)13(15)9-2-4-10(14)5-3-9/h2-7H,8H2,1H3. The molecule has 0 fully saturated rings. The molecule has 0 amide bonds. The van der Waals surface area contributed by atoms with Gasteiger partial charge in [-0.3, -0.25) is 4.79 Å². The molecule has 0 saturated heterocycles. The first kappa shape index (κ1) is 12.7. The maximum Gasteiger partial charge on any atom is 0.202 e. The normalized spacial score (nSPS) is 10.5. The summed E-state index contributed by atoms with van der Waals surface area (Å²) in [5.41, 5.74) is 0.687. The second-order valence-corrected chi connectivity index (χ2v) is 6.01. The van der Waals surface area contributed by atoms with E-state index in [0.717, 1.165) is 10.6 Å². The molecule has 2 aromatic rings. The van der Waals surface area contributed by atoms with Crippen molar-refractivity contribution in [2.75, 3.05) is 6.26 Å². The Kier molecular flexibility index (Phi) is 4.26. The first-order valence-corrected chi connectivity index (χ1v) is 7.67. The fraction of sp³-hybridized carbons (Fsp3) is 0.154. The molecule has 1 nitrogen and oxygen atoms in total. The number of ketones is 1. The monoisotopic (exact) mass is 282 g/mol. The minimum absolute atomic E-state index is 0.0685. The zero-order chi connectivity index (χ0) is 12.3. The smallest absolute Gasteiger partial charge is 0.202 e. The van der Waals surface area contributed by atoms with Crippen molar-refractivity contribution in [3.63, 3.8) is 0 Å². The zero-order valence-electron chi connectivity index (χ0n) is 9.27. The molecule has 0 unspecified atom stereocenters. The van der Waals surface area contributed by atoms with Crippen LogP contribution in [0.25, 0.3) is 0 Å². The van der Waals surface area contributed by atoms with E-state index in [-0.39, 0.29) is 5.78 Å². The van der Waals surface area contributed by atoms with Gasteiger partial charge < -0.3 is 0 Å². The lowest BCUT2D eigenvalue weighted by atomic mass is 10.1. The number of halogens is 1. The van der Waals surface area contributed by atoms with Gasteiger partial charge in [0.25, 0.3) is 0 Å². The molecule has 88 valence electrons. The van der Waals surface area contributed by atoms with Gasteiger partial charge in [0.1, 0.15) is 0 Å². The van der Waals surface area contributed by atoms with E-state index in [0.29, 0.717) is 10.6 Å². The van der Waals surface area contributed by atoms with Gasteiger partial charge in [-0.25, -0.2) is 0 Å². The molecule has 0 aliphatic rings. The molecule has 0 radical (unpaired) electrons. The van der Waals surface area contributed by atoms with Crippen molar-refractivity contribution >= 4 is 40.5 Å². The highest BCUT2D eigenvalue weighted by atomic mass is 35.5. The predicted octanol–water partition coefficient (Wildman–Crippen LogP) is 4.50. The predicted molar refractivity (Wildman–Crippen MR) is 76.4 cm³/mol. The Bertz CT molecular complexity index is 516. The first-order chi connectivity index (χ1) is 8.20. The number of thiophene rings is 1. The van der Waals surface area contributed by atoms with Crippen molar-refractivity contribution in [1.29, 1.82) is 0 Å². The fourth-order valence-corrected chi connectivity index (χ4v) is 3.32. The van der Waals surface area contributed by atoms with Gasteiger partial charge in [0.2, 0.25) is 5.78 Å². The molecule has 17 heavy (non-hydrogen) atoms. The summed E-state index contributed by atoms with van der Waals surface area (Å²) in [4.78, 5) is 14.2. The number of carbonyl (C=O) groups excluding carboxylic acids is 1. The molecule has 4 heteroatoms. The van der Waals surface area contributed by atoms with E-state index in [1.54, 1.807) is 47.4 Å². The van der Waals surface area contributed by atoms with E-state index in [9.17, 15) is 4.79 Å². The Balaban J connectivity index is 2.21. The van der Waals surface area contributed by atoms with Gasteiger partial charge >= 0.3 is 0 Å². The molecule has 0 aliphatic carbocycles. The average molecular weight is 283 g/mol. The van der Waals surface area contributed by atoms with Crippen LogP contribution in [0, 0.1) is 0 Å². The van der Waals surface area contributed by atoms with Gasteiger partial charge in [0.15, 0.2) is 0 Å². The van der Waals surface area contributed by atoms with Gasteiger partial charge in [0.05, 0.1) is 4.88 Å². The second kappa shape index (κ2) is 5.71. The number of thioether (sulfide) groups is 1. The summed E-state index contributed by atoms with van der Waals surface area (Å²) in [6.45, 7) is 0. The van der Waals surface area contributed by atoms with E-state index in [1.165, 1.54) is 4.88 Å². The maximum atomic E-state index is 12.1. The summed E-state index contributed by atoms with van der Waals surface area (Å²) >= 11 is 9.12. The average Bonchev–Trinajstić information content (AvgIpc) is 2.78. The fourth-order valence-electron chi connectivity index (χ4n) is 1.46. The van der Waals surface area contributed by atoms with Crippen LogP contribution in [0.5, 0.6) is 0 Å². The Labute approximate surface area is 114 Å². The molecule has 1 heterocycles. The van der Waals surface area contributed by atoms with E-state index < -0.39 is 0 Å². The largest absolute Gasteiger partial charge is 0.288 e. The van der Waals surface area contributed by atoms with Gasteiger partial charge in [-0.05, 0) is 42.7 Å². The van der Waals surface area contributed by atoms with Crippen LogP contribution < -0.4 is 0 Å². The van der Waals surface area contributed by atoms with Crippen molar-refractivity contribution in [1.82, 2.24) is 0 Å². The number of carbonyl (C=O) groups is 1. The van der Waals surface area contributed by atoms with E-state index in [2.05, 4.69) is 6.26 Å². The third-order valence-electron chi connectivity index (χ3n) is 2.28. The van der Waals surface area contributed by atoms with Gasteiger partial charge in [-0.1, -0.05) is 11.6 Å². The van der Waals surface area contributed by atoms with E-state index >= 15 is 0 Å². The molecule has 0 bridgehead atoms. The summed E-state index contributed by atoms with van der Waals surface area (Å²) in [6, 6.07) is 10.9. The highest BCUT2D eigenvalue weighted by Gasteiger charge is 2.11. The molecule has 0 spiro atoms. The molecule has 0 N–H and O–H groups in total. The van der Waals surface area contributed by atoms with Gasteiger partial charge in [0, 0.05) is 21.2 Å². The van der Waals surface area contributed by atoms with Crippen LogP contribution in [0.15, 0.2) is 36.4 Å². The van der Waals surface area contributed by atoms with Crippen molar-refractivity contribution in [3.8, 4) is 0 Å². The van der Waals surface area contributed by atoms with Crippen LogP contribution in [0.4, 0.5) is 0 Å². The molecular weight excluding hydrogens is 272 g/mol. The SMILES string of the molecule is CSCc1ccc(C(=O)c2ccc(Cl)cc2)s1. The molecule has 0 saturated carbocycles. The van der Waals surface area contributed by atoms with Gasteiger partial charge in [-0.15, -0.1) is 11.3 Å². The molecule has 1 aromatic carbocycles.